The standard InChI is InChI=1S/C11H19FN4O/c1-6-7(12)9(16-13)15-10(14-6)8(17-5)11(2,3)4/h8H,13H2,1-5H3,(H,14,15,16). The van der Waals surface area contributed by atoms with E-state index in [0.29, 0.717) is 5.82 Å². The smallest absolute Gasteiger partial charge is 0.187 e. The van der Waals surface area contributed by atoms with Gasteiger partial charge in [0.1, 0.15) is 6.10 Å². The summed E-state index contributed by atoms with van der Waals surface area (Å²) in [6, 6.07) is 0. The molecule has 96 valence electrons. The van der Waals surface area contributed by atoms with Crippen LogP contribution < -0.4 is 11.3 Å². The van der Waals surface area contributed by atoms with Crippen LogP contribution in [0.1, 0.15) is 38.4 Å². The molecule has 1 aromatic heterocycles. The fourth-order valence-electron chi connectivity index (χ4n) is 1.64. The number of aromatic nitrogens is 2. The molecule has 1 rings (SSSR count). The maximum Gasteiger partial charge on any atom is 0.187 e. The Morgan fingerprint density at radius 2 is 1.94 bits per heavy atom. The van der Waals surface area contributed by atoms with Gasteiger partial charge in [-0.25, -0.2) is 20.2 Å². The van der Waals surface area contributed by atoms with E-state index < -0.39 is 5.82 Å². The normalized spacial score (nSPS) is 13.6. The van der Waals surface area contributed by atoms with Crippen molar-refractivity contribution in [2.24, 2.45) is 11.3 Å². The highest BCUT2D eigenvalue weighted by molar-refractivity contribution is 5.36. The predicted molar refractivity (Wildman–Crippen MR) is 63.7 cm³/mol. The lowest BCUT2D eigenvalue weighted by Gasteiger charge is -2.28. The van der Waals surface area contributed by atoms with Crippen LogP contribution >= 0.6 is 0 Å². The van der Waals surface area contributed by atoms with E-state index in [1.807, 2.05) is 20.8 Å². The number of nitrogen functional groups attached to an aromatic ring is 1. The first-order chi connectivity index (χ1) is 7.81. The quantitative estimate of drug-likeness (QED) is 0.626. The van der Waals surface area contributed by atoms with E-state index in [2.05, 4.69) is 15.4 Å². The van der Waals surface area contributed by atoms with Crippen molar-refractivity contribution < 1.29 is 9.13 Å². The maximum absolute atomic E-state index is 13.5. The molecule has 5 nitrogen and oxygen atoms in total. The van der Waals surface area contributed by atoms with E-state index in [-0.39, 0.29) is 23.0 Å². The fraction of sp³-hybridized carbons (Fsp3) is 0.636. The number of halogens is 1. The van der Waals surface area contributed by atoms with Crippen LogP contribution in [0.5, 0.6) is 0 Å². The van der Waals surface area contributed by atoms with Crippen molar-refractivity contribution in [1.29, 1.82) is 0 Å². The summed E-state index contributed by atoms with van der Waals surface area (Å²) in [5.41, 5.74) is 2.28. The molecule has 0 aromatic carbocycles. The van der Waals surface area contributed by atoms with Crippen molar-refractivity contribution in [1.82, 2.24) is 9.97 Å². The van der Waals surface area contributed by atoms with E-state index >= 15 is 0 Å². The third kappa shape index (κ3) is 2.89. The summed E-state index contributed by atoms with van der Waals surface area (Å²) in [5.74, 6) is 5.08. The SMILES string of the molecule is COC(c1nc(C)c(F)c(NN)n1)C(C)(C)C. The van der Waals surface area contributed by atoms with Crippen LogP contribution in [0.15, 0.2) is 0 Å². The Balaban J connectivity index is 3.26. The van der Waals surface area contributed by atoms with Gasteiger partial charge in [-0.05, 0) is 12.3 Å². The molecular weight excluding hydrogens is 223 g/mol. The van der Waals surface area contributed by atoms with Gasteiger partial charge in [-0.2, -0.15) is 0 Å². The number of ether oxygens (including phenoxy) is 1. The van der Waals surface area contributed by atoms with Gasteiger partial charge < -0.3 is 10.2 Å². The van der Waals surface area contributed by atoms with Crippen LogP contribution in [0, 0.1) is 18.2 Å². The van der Waals surface area contributed by atoms with E-state index in [1.165, 1.54) is 0 Å². The van der Waals surface area contributed by atoms with Crippen molar-refractivity contribution in [3.05, 3.63) is 17.3 Å². The van der Waals surface area contributed by atoms with Gasteiger partial charge in [0.2, 0.25) is 0 Å². The number of nitrogens with one attached hydrogen (secondary N) is 1. The lowest BCUT2D eigenvalue weighted by Crippen LogP contribution is -2.24. The summed E-state index contributed by atoms with van der Waals surface area (Å²) in [5, 5.41) is 0. The molecule has 17 heavy (non-hydrogen) atoms. The number of hydrogen-bond donors (Lipinski definition) is 2. The van der Waals surface area contributed by atoms with E-state index in [1.54, 1.807) is 14.0 Å². The van der Waals surface area contributed by atoms with E-state index in [0.717, 1.165) is 0 Å². The van der Waals surface area contributed by atoms with Gasteiger partial charge in [0.05, 0.1) is 5.69 Å². The van der Waals surface area contributed by atoms with E-state index in [9.17, 15) is 4.39 Å². The van der Waals surface area contributed by atoms with Crippen LogP contribution in [-0.4, -0.2) is 17.1 Å². The number of methoxy groups -OCH3 is 1. The summed E-state index contributed by atoms with van der Waals surface area (Å²) < 4.78 is 18.9. The first-order valence-corrected chi connectivity index (χ1v) is 5.34. The Morgan fingerprint density at radius 3 is 2.35 bits per heavy atom. The molecule has 1 unspecified atom stereocenters. The van der Waals surface area contributed by atoms with Crippen molar-refractivity contribution in [3.8, 4) is 0 Å². The zero-order chi connectivity index (χ0) is 13.2. The third-order valence-corrected chi connectivity index (χ3v) is 2.43. The van der Waals surface area contributed by atoms with Crippen LogP contribution in [-0.2, 0) is 4.74 Å². The molecule has 1 atom stereocenters. The van der Waals surface area contributed by atoms with Gasteiger partial charge in [-0.15, -0.1) is 0 Å². The highest BCUT2D eigenvalue weighted by atomic mass is 19.1. The molecule has 0 spiro atoms. The molecule has 6 heteroatoms. The average molecular weight is 242 g/mol. The Morgan fingerprint density at radius 1 is 1.35 bits per heavy atom. The Hall–Kier alpha value is -1.27. The topological polar surface area (TPSA) is 73.1 Å². The molecule has 1 heterocycles. The minimum atomic E-state index is -0.542. The number of anilines is 1. The van der Waals surface area contributed by atoms with Crippen molar-refractivity contribution in [3.63, 3.8) is 0 Å². The number of nitrogens with two attached hydrogens (primary N) is 1. The van der Waals surface area contributed by atoms with Crippen LogP contribution in [0.2, 0.25) is 0 Å². The van der Waals surface area contributed by atoms with E-state index in [4.69, 9.17) is 10.6 Å². The van der Waals surface area contributed by atoms with Gasteiger partial charge >= 0.3 is 0 Å². The van der Waals surface area contributed by atoms with Gasteiger partial charge in [0.25, 0.3) is 0 Å². The number of hydrogen-bond acceptors (Lipinski definition) is 5. The molecule has 0 saturated carbocycles. The second kappa shape index (κ2) is 4.93. The van der Waals surface area contributed by atoms with Crippen LogP contribution in [0.4, 0.5) is 10.2 Å². The Kier molecular flexibility index (Phi) is 4.00. The molecule has 1 aromatic rings. The van der Waals surface area contributed by atoms with Gasteiger partial charge in [0.15, 0.2) is 17.5 Å². The Bertz CT molecular complexity index is 403. The summed E-state index contributed by atoms with van der Waals surface area (Å²) in [4.78, 5) is 8.15. The molecule has 0 aliphatic rings. The molecule has 0 aliphatic carbocycles. The van der Waals surface area contributed by atoms with Crippen LogP contribution in [0.3, 0.4) is 0 Å². The molecule has 0 bridgehead atoms. The number of nitrogens with zero attached hydrogens (tertiary/aromatic N) is 2. The van der Waals surface area contributed by atoms with Gasteiger partial charge in [0, 0.05) is 7.11 Å². The highest BCUT2D eigenvalue weighted by Crippen LogP contribution is 2.34. The first kappa shape index (κ1) is 13.8. The van der Waals surface area contributed by atoms with Crippen molar-refractivity contribution in [2.75, 3.05) is 12.5 Å². The van der Waals surface area contributed by atoms with Crippen molar-refractivity contribution in [2.45, 2.75) is 33.8 Å². The van der Waals surface area contributed by atoms with Crippen molar-refractivity contribution >= 4 is 5.82 Å². The second-order valence-corrected chi connectivity index (χ2v) is 4.96. The second-order valence-electron chi connectivity index (χ2n) is 4.96. The summed E-state index contributed by atoms with van der Waals surface area (Å²) in [7, 11) is 1.58. The molecule has 0 aliphatic heterocycles. The molecule has 0 saturated heterocycles. The fourth-order valence-corrected chi connectivity index (χ4v) is 1.64. The Labute approximate surface area is 101 Å². The first-order valence-electron chi connectivity index (χ1n) is 5.34. The number of rotatable bonds is 3. The van der Waals surface area contributed by atoms with Gasteiger partial charge in [-0.3, -0.25) is 0 Å². The molecular formula is C11H19FN4O. The summed E-state index contributed by atoms with van der Waals surface area (Å²) in [6.45, 7) is 7.56. The molecule has 0 radical (unpaired) electrons. The minimum Gasteiger partial charge on any atom is -0.373 e. The van der Waals surface area contributed by atoms with Crippen LogP contribution in [0.25, 0.3) is 0 Å². The zero-order valence-corrected chi connectivity index (χ0v) is 10.8. The minimum absolute atomic E-state index is 0.0150. The molecule has 0 fully saturated rings. The lowest BCUT2D eigenvalue weighted by atomic mass is 9.88. The maximum atomic E-state index is 13.5. The largest absolute Gasteiger partial charge is 0.373 e. The zero-order valence-electron chi connectivity index (χ0n) is 10.8. The summed E-state index contributed by atoms with van der Waals surface area (Å²) in [6.07, 6.45) is -0.325. The third-order valence-electron chi connectivity index (χ3n) is 2.43. The molecule has 3 N–H and O–H groups in total. The number of hydrazine groups is 1. The average Bonchev–Trinajstić information content (AvgIpc) is 2.21. The van der Waals surface area contributed by atoms with Gasteiger partial charge in [-0.1, -0.05) is 20.8 Å². The summed E-state index contributed by atoms with van der Waals surface area (Å²) >= 11 is 0. The predicted octanol–water partition coefficient (Wildman–Crippen LogP) is 1.94. The monoisotopic (exact) mass is 242 g/mol. The lowest BCUT2D eigenvalue weighted by molar-refractivity contribution is 0.00851. The number of aryl methyl sites for hydroxylation is 1. The molecule has 0 amide bonds. The highest BCUT2D eigenvalue weighted by Gasteiger charge is 2.29.